The Bertz CT molecular complexity index is 96.6. The van der Waals surface area contributed by atoms with Crippen molar-refractivity contribution >= 4 is 20.5 Å². The van der Waals surface area contributed by atoms with E-state index in [-0.39, 0.29) is 0 Å². The van der Waals surface area contributed by atoms with E-state index in [0.29, 0.717) is 5.20 Å². The number of allylic oxidation sites excluding steroid dienone is 1. The monoisotopic (exact) mass is 106 g/mol. The number of terminal acetylenes is 1. The van der Waals surface area contributed by atoms with Crippen molar-refractivity contribution in [1.82, 2.24) is 0 Å². The molecule has 0 fully saturated rings. The van der Waals surface area contributed by atoms with Crippen molar-refractivity contribution in [3.63, 3.8) is 0 Å². The fraction of sp³-hybridized carbons (Fsp3) is 0. The Morgan fingerprint density at radius 2 is 2.33 bits per heavy atom. The Labute approximate surface area is 44.5 Å². The second-order valence-corrected chi connectivity index (χ2v) is 1.53. The average molecular weight is 106 g/mol. The molecule has 0 aliphatic heterocycles. The van der Waals surface area contributed by atoms with Gasteiger partial charge in [-0.05, 0) is 5.20 Å². The van der Waals surface area contributed by atoms with E-state index in [1.807, 2.05) is 0 Å². The van der Waals surface area contributed by atoms with Gasteiger partial charge in [-0.2, -0.15) is 0 Å². The summed E-state index contributed by atoms with van der Waals surface area (Å²) in [4.78, 5) is 0. The fourth-order valence-electron chi connectivity index (χ4n) is 0.0417. The van der Waals surface area contributed by atoms with E-state index in [2.05, 4.69) is 26.4 Å². The molecule has 0 saturated heterocycles. The highest BCUT2D eigenvalue weighted by atomic mass is 28.2. The largest absolute Gasteiger partial charge is 0.115 e. The Hall–Kier alpha value is -0.266. The predicted molar refractivity (Wildman–Crippen MR) is 28.4 cm³/mol. The molecule has 0 unspecified atom stereocenters. The molecule has 0 aromatic carbocycles. The third kappa shape index (κ3) is 2.00. The van der Waals surface area contributed by atoms with Crippen molar-refractivity contribution in [2.45, 2.75) is 0 Å². The summed E-state index contributed by atoms with van der Waals surface area (Å²) in [5, 5.41) is 0.715. The van der Waals surface area contributed by atoms with Crippen LogP contribution in [0.3, 0.4) is 0 Å². The molecule has 0 aromatic rings. The molecule has 0 atom stereocenters. The second-order valence-electron chi connectivity index (χ2n) is 0.702. The van der Waals surface area contributed by atoms with Crippen LogP contribution in [0.5, 0.6) is 0 Å². The summed E-state index contributed by atoms with van der Waals surface area (Å²) in [6.45, 7) is 0. The van der Waals surface area contributed by atoms with Crippen molar-refractivity contribution in [1.29, 1.82) is 0 Å². The van der Waals surface area contributed by atoms with Crippen molar-refractivity contribution in [3.05, 3.63) is 10.9 Å². The summed E-state index contributed by atoms with van der Waals surface area (Å²) in [5.41, 5.74) is 1.62. The summed E-state index contributed by atoms with van der Waals surface area (Å²) in [6, 6.07) is 0. The molecule has 0 spiro atoms. The SMILES string of the molecule is C#CC([Si])=C[Si]. The summed E-state index contributed by atoms with van der Waals surface area (Å²) < 4.78 is 0. The highest BCUT2D eigenvalue weighted by Crippen LogP contribution is 1.73. The molecule has 0 saturated carbocycles. The Morgan fingerprint density at radius 3 is 2.33 bits per heavy atom. The van der Waals surface area contributed by atoms with E-state index in [4.69, 9.17) is 6.42 Å². The first-order chi connectivity index (χ1) is 2.81. The molecule has 0 heterocycles. The normalized spacial score (nSPS) is 10.5. The van der Waals surface area contributed by atoms with Crippen LogP contribution < -0.4 is 0 Å². The standard InChI is InChI=1S/C4H2Si2/c1-2-4(6)3-5/h1,3H. The number of hydrogen-bond acceptors (Lipinski definition) is 0. The molecule has 0 nitrogen and oxygen atoms in total. The molecule has 6 radical (unpaired) electrons. The smallest absolute Gasteiger partial charge is 0.0828 e. The van der Waals surface area contributed by atoms with Crippen LogP contribution in [0.15, 0.2) is 10.9 Å². The van der Waals surface area contributed by atoms with Gasteiger partial charge in [0.2, 0.25) is 0 Å². The zero-order valence-corrected chi connectivity index (χ0v) is 5.15. The lowest BCUT2D eigenvalue weighted by Crippen LogP contribution is -1.71. The predicted octanol–water partition coefficient (Wildman–Crippen LogP) is -0.202. The highest BCUT2D eigenvalue weighted by molar-refractivity contribution is 6.30. The molecular weight excluding hydrogens is 104 g/mol. The molecule has 6 heavy (non-hydrogen) atoms. The summed E-state index contributed by atoms with van der Waals surface area (Å²) >= 11 is 0. The minimum Gasteiger partial charge on any atom is -0.115 e. The summed E-state index contributed by atoms with van der Waals surface area (Å²) in [5.74, 6) is 2.34. The third-order valence-electron chi connectivity index (χ3n) is 0.300. The van der Waals surface area contributed by atoms with Gasteiger partial charge in [0.15, 0.2) is 0 Å². The van der Waals surface area contributed by atoms with Crippen LogP contribution in [-0.2, 0) is 0 Å². The van der Waals surface area contributed by atoms with Gasteiger partial charge in [0.25, 0.3) is 0 Å². The van der Waals surface area contributed by atoms with Gasteiger partial charge >= 0.3 is 0 Å². The van der Waals surface area contributed by atoms with Gasteiger partial charge in [-0.1, -0.05) is 11.6 Å². The van der Waals surface area contributed by atoms with Gasteiger partial charge in [-0.15, -0.1) is 6.42 Å². The second kappa shape index (κ2) is 2.95. The average Bonchev–Trinajstić information content (AvgIpc) is 1.65. The van der Waals surface area contributed by atoms with Crippen LogP contribution in [0, 0.1) is 12.3 Å². The van der Waals surface area contributed by atoms with Crippen molar-refractivity contribution < 1.29 is 0 Å². The lowest BCUT2D eigenvalue weighted by atomic mass is 10.7. The van der Waals surface area contributed by atoms with Gasteiger partial charge in [-0.3, -0.25) is 0 Å². The van der Waals surface area contributed by atoms with E-state index < -0.39 is 0 Å². The zero-order chi connectivity index (χ0) is 4.99. The molecule has 0 N–H and O–H groups in total. The first-order valence-corrected chi connectivity index (χ1v) is 2.44. The van der Waals surface area contributed by atoms with E-state index in [9.17, 15) is 0 Å². The van der Waals surface area contributed by atoms with Gasteiger partial charge < -0.3 is 0 Å². The minimum atomic E-state index is 0.715. The van der Waals surface area contributed by atoms with Crippen LogP contribution in [-0.4, -0.2) is 20.5 Å². The van der Waals surface area contributed by atoms with Crippen molar-refractivity contribution in [2.24, 2.45) is 0 Å². The molecule has 2 heteroatoms. The van der Waals surface area contributed by atoms with Gasteiger partial charge in [0, 0.05) is 0 Å². The first kappa shape index (κ1) is 5.73. The molecule has 0 aliphatic carbocycles. The van der Waals surface area contributed by atoms with Crippen LogP contribution in [0.4, 0.5) is 0 Å². The first-order valence-electron chi connectivity index (χ1n) is 1.37. The topological polar surface area (TPSA) is 0 Å². The maximum atomic E-state index is 4.88. The molecule has 26 valence electrons. The van der Waals surface area contributed by atoms with E-state index in [0.717, 1.165) is 0 Å². The maximum Gasteiger partial charge on any atom is 0.0828 e. The lowest BCUT2D eigenvalue weighted by molar-refractivity contribution is 2.14. The van der Waals surface area contributed by atoms with Crippen LogP contribution in [0.25, 0.3) is 0 Å². The van der Waals surface area contributed by atoms with Gasteiger partial charge in [-0.25, -0.2) is 0 Å². The Kier molecular flexibility index (Phi) is 2.81. The molecule has 0 aromatic heterocycles. The molecular formula is C4H2Si2. The molecule has 0 aliphatic rings. The summed E-state index contributed by atoms with van der Waals surface area (Å²) in [6.07, 6.45) is 4.88. The number of hydrogen-bond donors (Lipinski definition) is 0. The number of rotatable bonds is 0. The fourth-order valence-corrected chi connectivity index (χ4v) is 0.125. The molecule has 0 bridgehead atoms. The lowest BCUT2D eigenvalue weighted by Gasteiger charge is -1.73. The van der Waals surface area contributed by atoms with Crippen LogP contribution in [0.2, 0.25) is 0 Å². The van der Waals surface area contributed by atoms with E-state index >= 15 is 0 Å². The van der Waals surface area contributed by atoms with Crippen LogP contribution >= 0.6 is 0 Å². The quantitative estimate of drug-likeness (QED) is 0.296. The zero-order valence-electron chi connectivity index (χ0n) is 3.15. The van der Waals surface area contributed by atoms with Crippen molar-refractivity contribution in [2.75, 3.05) is 0 Å². The van der Waals surface area contributed by atoms with Crippen LogP contribution in [0.1, 0.15) is 0 Å². The van der Waals surface area contributed by atoms with Gasteiger partial charge in [0.1, 0.15) is 0 Å². The molecule has 0 rings (SSSR count). The molecule has 0 amide bonds. The summed E-state index contributed by atoms with van der Waals surface area (Å²) in [7, 11) is 6.16. The Balaban J connectivity index is 3.61. The van der Waals surface area contributed by atoms with Gasteiger partial charge in [0.05, 0.1) is 20.5 Å². The minimum absolute atomic E-state index is 0.715. The van der Waals surface area contributed by atoms with Crippen molar-refractivity contribution in [3.8, 4) is 12.3 Å². The van der Waals surface area contributed by atoms with E-state index in [1.54, 1.807) is 5.70 Å². The Morgan fingerprint density at radius 1 is 1.83 bits per heavy atom. The maximum absolute atomic E-state index is 4.88. The highest BCUT2D eigenvalue weighted by Gasteiger charge is 1.68. The van der Waals surface area contributed by atoms with E-state index in [1.165, 1.54) is 0 Å². The third-order valence-corrected chi connectivity index (χ3v) is 1.17.